The minimum Gasteiger partial charge on any atom is -0.339 e. The first-order valence-electron chi connectivity index (χ1n) is 5.92. The lowest BCUT2D eigenvalue weighted by atomic mass is 9.90. The van der Waals surface area contributed by atoms with E-state index in [-0.39, 0.29) is 5.41 Å². The zero-order valence-electron chi connectivity index (χ0n) is 11.0. The van der Waals surface area contributed by atoms with Gasteiger partial charge in [0.15, 0.2) is 0 Å². The van der Waals surface area contributed by atoms with Gasteiger partial charge in [-0.3, -0.25) is 5.01 Å². The molecule has 1 aliphatic heterocycles. The van der Waals surface area contributed by atoms with E-state index in [2.05, 4.69) is 56.6 Å². The molecule has 0 aromatic rings. The highest BCUT2D eigenvalue weighted by atomic mass is 15.6. The number of hydrogen-bond acceptors (Lipinski definition) is 3. The molecule has 1 rings (SSSR count). The first kappa shape index (κ1) is 12.3. The van der Waals surface area contributed by atoms with Crippen molar-refractivity contribution in [3.05, 3.63) is 0 Å². The van der Waals surface area contributed by atoms with Gasteiger partial charge in [0.1, 0.15) is 12.5 Å². The van der Waals surface area contributed by atoms with E-state index < -0.39 is 0 Å². The SMILES string of the molecule is CCN1N=CN(CC(C)C)C1C(C)(C)C. The number of nitrogens with zero attached hydrogens (tertiary/aromatic N) is 3. The molecular weight excluding hydrogens is 186 g/mol. The number of hydrogen-bond donors (Lipinski definition) is 0. The van der Waals surface area contributed by atoms with Gasteiger partial charge in [0, 0.05) is 18.5 Å². The molecule has 0 aromatic heterocycles. The third-order valence-electron chi connectivity index (χ3n) is 2.62. The molecule has 1 atom stereocenters. The summed E-state index contributed by atoms with van der Waals surface area (Å²) in [4.78, 5) is 2.37. The first-order valence-corrected chi connectivity index (χ1v) is 5.92. The van der Waals surface area contributed by atoms with E-state index in [1.54, 1.807) is 0 Å². The summed E-state index contributed by atoms with van der Waals surface area (Å²) in [6.45, 7) is 15.6. The van der Waals surface area contributed by atoms with Crippen molar-refractivity contribution in [3.63, 3.8) is 0 Å². The van der Waals surface area contributed by atoms with Crippen LogP contribution in [-0.4, -0.2) is 35.5 Å². The zero-order valence-corrected chi connectivity index (χ0v) is 11.0. The molecule has 15 heavy (non-hydrogen) atoms. The van der Waals surface area contributed by atoms with Gasteiger partial charge in [-0.05, 0) is 12.8 Å². The van der Waals surface area contributed by atoms with Crippen LogP contribution in [-0.2, 0) is 0 Å². The van der Waals surface area contributed by atoms with Gasteiger partial charge in [-0.1, -0.05) is 34.6 Å². The Balaban J connectivity index is 2.76. The van der Waals surface area contributed by atoms with Crippen LogP contribution in [0.15, 0.2) is 5.10 Å². The van der Waals surface area contributed by atoms with Crippen molar-refractivity contribution in [1.82, 2.24) is 9.91 Å². The Morgan fingerprint density at radius 2 is 1.93 bits per heavy atom. The van der Waals surface area contributed by atoms with Crippen LogP contribution in [0.3, 0.4) is 0 Å². The molecular formula is C12H25N3. The van der Waals surface area contributed by atoms with Crippen molar-refractivity contribution in [2.45, 2.75) is 47.7 Å². The fourth-order valence-electron chi connectivity index (χ4n) is 2.20. The second-order valence-corrected chi connectivity index (χ2v) is 5.82. The third kappa shape index (κ3) is 2.86. The lowest BCUT2D eigenvalue weighted by Crippen LogP contribution is -2.49. The highest BCUT2D eigenvalue weighted by Gasteiger charge is 2.36. The van der Waals surface area contributed by atoms with Gasteiger partial charge in [-0.2, -0.15) is 5.10 Å². The van der Waals surface area contributed by atoms with E-state index in [1.807, 2.05) is 6.34 Å². The maximum absolute atomic E-state index is 4.47. The largest absolute Gasteiger partial charge is 0.339 e. The molecule has 0 radical (unpaired) electrons. The predicted molar refractivity (Wildman–Crippen MR) is 65.7 cm³/mol. The first-order chi connectivity index (χ1) is 6.86. The van der Waals surface area contributed by atoms with Crippen LogP contribution in [0.1, 0.15) is 41.5 Å². The van der Waals surface area contributed by atoms with E-state index in [0.717, 1.165) is 13.1 Å². The second kappa shape index (κ2) is 4.42. The molecule has 0 N–H and O–H groups in total. The molecule has 0 saturated carbocycles. The predicted octanol–water partition coefficient (Wildman–Crippen LogP) is 2.60. The monoisotopic (exact) mass is 211 g/mol. The zero-order chi connectivity index (χ0) is 11.6. The van der Waals surface area contributed by atoms with E-state index >= 15 is 0 Å². The summed E-state index contributed by atoms with van der Waals surface area (Å²) in [5.74, 6) is 0.679. The Morgan fingerprint density at radius 1 is 1.33 bits per heavy atom. The standard InChI is InChI=1S/C12H25N3/c1-7-15-11(12(4,5)6)14(9-13-15)8-10(2)3/h9-11H,7-8H2,1-6H3. The molecule has 0 aromatic carbocycles. The summed E-state index contributed by atoms with van der Waals surface area (Å²) in [7, 11) is 0. The van der Waals surface area contributed by atoms with Gasteiger partial charge in [-0.15, -0.1) is 0 Å². The van der Waals surface area contributed by atoms with Crippen molar-refractivity contribution in [2.75, 3.05) is 13.1 Å². The Morgan fingerprint density at radius 3 is 2.33 bits per heavy atom. The second-order valence-electron chi connectivity index (χ2n) is 5.82. The number of rotatable bonds is 3. The van der Waals surface area contributed by atoms with Gasteiger partial charge in [0.2, 0.25) is 0 Å². The third-order valence-corrected chi connectivity index (χ3v) is 2.62. The van der Waals surface area contributed by atoms with E-state index in [0.29, 0.717) is 12.1 Å². The Bertz CT molecular complexity index is 228. The lowest BCUT2D eigenvalue weighted by molar-refractivity contribution is 0.0355. The van der Waals surface area contributed by atoms with Crippen LogP contribution in [0.5, 0.6) is 0 Å². The average Bonchev–Trinajstić information content (AvgIpc) is 2.45. The maximum atomic E-state index is 4.47. The van der Waals surface area contributed by atoms with Gasteiger partial charge in [0.05, 0.1) is 0 Å². The maximum Gasteiger partial charge on any atom is 0.124 e. The smallest absolute Gasteiger partial charge is 0.124 e. The highest BCUT2D eigenvalue weighted by Crippen LogP contribution is 2.30. The van der Waals surface area contributed by atoms with Crippen LogP contribution >= 0.6 is 0 Å². The Labute approximate surface area is 94.1 Å². The number of hydrazone groups is 1. The Kier molecular flexibility index (Phi) is 3.63. The van der Waals surface area contributed by atoms with Crippen LogP contribution in [0.25, 0.3) is 0 Å². The summed E-state index contributed by atoms with van der Waals surface area (Å²) in [6, 6.07) is 0. The van der Waals surface area contributed by atoms with Crippen molar-refractivity contribution < 1.29 is 0 Å². The topological polar surface area (TPSA) is 18.8 Å². The summed E-state index contributed by atoms with van der Waals surface area (Å²) in [5, 5.41) is 6.65. The molecule has 0 saturated heterocycles. The van der Waals surface area contributed by atoms with Crippen LogP contribution in [0.2, 0.25) is 0 Å². The molecule has 0 fully saturated rings. The van der Waals surface area contributed by atoms with Gasteiger partial charge < -0.3 is 4.90 Å². The molecule has 0 amide bonds. The lowest BCUT2D eigenvalue weighted by Gasteiger charge is -2.40. The Hall–Kier alpha value is -0.730. The molecule has 0 aliphatic carbocycles. The minimum absolute atomic E-state index is 0.238. The van der Waals surface area contributed by atoms with Crippen LogP contribution in [0.4, 0.5) is 0 Å². The fourth-order valence-corrected chi connectivity index (χ4v) is 2.20. The van der Waals surface area contributed by atoms with Crippen LogP contribution < -0.4 is 0 Å². The van der Waals surface area contributed by atoms with E-state index in [9.17, 15) is 0 Å². The van der Waals surface area contributed by atoms with Crippen molar-refractivity contribution in [1.29, 1.82) is 0 Å². The molecule has 0 bridgehead atoms. The van der Waals surface area contributed by atoms with E-state index in [4.69, 9.17) is 0 Å². The molecule has 88 valence electrons. The van der Waals surface area contributed by atoms with Gasteiger partial charge >= 0.3 is 0 Å². The van der Waals surface area contributed by atoms with Gasteiger partial charge in [-0.25, -0.2) is 0 Å². The summed E-state index contributed by atoms with van der Waals surface area (Å²) in [5.41, 5.74) is 0.238. The molecule has 1 aliphatic rings. The van der Waals surface area contributed by atoms with Crippen molar-refractivity contribution in [2.24, 2.45) is 16.4 Å². The molecule has 1 heterocycles. The van der Waals surface area contributed by atoms with Crippen molar-refractivity contribution in [3.8, 4) is 0 Å². The normalized spacial score (nSPS) is 21.9. The minimum atomic E-state index is 0.238. The highest BCUT2D eigenvalue weighted by molar-refractivity contribution is 5.57. The van der Waals surface area contributed by atoms with Crippen molar-refractivity contribution >= 4 is 6.34 Å². The van der Waals surface area contributed by atoms with Gasteiger partial charge in [0.25, 0.3) is 0 Å². The van der Waals surface area contributed by atoms with Crippen LogP contribution in [0, 0.1) is 11.3 Å². The fraction of sp³-hybridized carbons (Fsp3) is 0.917. The quantitative estimate of drug-likeness (QED) is 0.714. The summed E-state index contributed by atoms with van der Waals surface area (Å²) in [6.07, 6.45) is 2.41. The molecule has 3 nitrogen and oxygen atoms in total. The molecule has 0 spiro atoms. The molecule has 3 heteroatoms. The van der Waals surface area contributed by atoms with E-state index in [1.165, 1.54) is 0 Å². The molecule has 1 unspecified atom stereocenters. The summed E-state index contributed by atoms with van der Waals surface area (Å²) >= 11 is 0. The summed E-state index contributed by atoms with van der Waals surface area (Å²) < 4.78 is 0. The average molecular weight is 211 g/mol.